The topological polar surface area (TPSA) is 35.2 Å². The van der Waals surface area contributed by atoms with E-state index in [1.165, 1.54) is 0 Å². The zero-order valence-corrected chi connectivity index (χ0v) is 10.6. The largest absolute Gasteiger partial charge is 0.496 e. The summed E-state index contributed by atoms with van der Waals surface area (Å²) in [5, 5.41) is 0.699. The molecule has 0 amide bonds. The van der Waals surface area contributed by atoms with Gasteiger partial charge in [0.15, 0.2) is 0 Å². The molecule has 2 N–H and O–H groups in total. The predicted octanol–water partition coefficient (Wildman–Crippen LogP) is 3.10. The quantitative estimate of drug-likeness (QED) is 0.866. The van der Waals surface area contributed by atoms with Crippen molar-refractivity contribution in [2.75, 3.05) is 19.1 Å². The summed E-state index contributed by atoms with van der Waals surface area (Å²) in [6.07, 6.45) is 3.00. The minimum absolute atomic E-state index is 0.00824. The highest BCUT2D eigenvalue weighted by molar-refractivity contribution is 7.98. The van der Waals surface area contributed by atoms with Gasteiger partial charge in [0.2, 0.25) is 0 Å². The van der Waals surface area contributed by atoms with Crippen LogP contribution in [0.5, 0.6) is 5.75 Å². The summed E-state index contributed by atoms with van der Waals surface area (Å²) in [6, 6.07) is 5.54. The lowest BCUT2D eigenvalue weighted by molar-refractivity contribution is 0.405. The highest BCUT2D eigenvalue weighted by Gasteiger charge is 2.11. The first-order valence-corrected chi connectivity index (χ1v) is 6.54. The zero-order chi connectivity index (χ0) is 11.3. The van der Waals surface area contributed by atoms with E-state index in [0.717, 1.165) is 23.5 Å². The second-order valence-corrected chi connectivity index (χ2v) is 4.70. The Morgan fingerprint density at radius 3 is 2.87 bits per heavy atom. The van der Waals surface area contributed by atoms with E-state index in [-0.39, 0.29) is 6.04 Å². The second-order valence-electron chi connectivity index (χ2n) is 3.27. The van der Waals surface area contributed by atoms with Crippen molar-refractivity contribution in [2.45, 2.75) is 12.5 Å². The molecule has 0 aliphatic carbocycles. The van der Waals surface area contributed by atoms with Crippen LogP contribution in [0.2, 0.25) is 5.02 Å². The first-order chi connectivity index (χ1) is 7.19. The summed E-state index contributed by atoms with van der Waals surface area (Å²) in [5.41, 5.74) is 7.06. The third kappa shape index (κ3) is 3.59. The Hall–Kier alpha value is -0.380. The number of benzene rings is 1. The van der Waals surface area contributed by atoms with E-state index in [2.05, 4.69) is 6.26 Å². The van der Waals surface area contributed by atoms with E-state index in [0.29, 0.717) is 5.02 Å². The standard InChI is InChI=1S/C11H16ClNOS/c1-14-11-4-3-8(12)7-9(11)10(13)5-6-15-2/h3-4,7,10H,5-6,13H2,1-2H3. The lowest BCUT2D eigenvalue weighted by Crippen LogP contribution is -2.12. The molecule has 0 saturated heterocycles. The maximum Gasteiger partial charge on any atom is 0.123 e. The van der Waals surface area contributed by atoms with E-state index in [1.54, 1.807) is 18.9 Å². The maximum atomic E-state index is 6.07. The molecule has 0 spiro atoms. The third-order valence-electron chi connectivity index (χ3n) is 2.22. The van der Waals surface area contributed by atoms with Crippen LogP contribution in [0, 0.1) is 0 Å². The van der Waals surface area contributed by atoms with Gasteiger partial charge in [0.25, 0.3) is 0 Å². The molecule has 1 unspecified atom stereocenters. The number of hydrogen-bond acceptors (Lipinski definition) is 3. The van der Waals surface area contributed by atoms with Crippen molar-refractivity contribution >= 4 is 23.4 Å². The molecule has 0 radical (unpaired) electrons. The minimum atomic E-state index is -0.00824. The van der Waals surface area contributed by atoms with Gasteiger partial charge >= 0.3 is 0 Å². The van der Waals surface area contributed by atoms with Crippen LogP contribution in [0.4, 0.5) is 0 Å². The predicted molar refractivity (Wildman–Crippen MR) is 67.9 cm³/mol. The first kappa shape index (κ1) is 12.7. The van der Waals surface area contributed by atoms with Gasteiger partial charge in [0.1, 0.15) is 5.75 Å². The van der Waals surface area contributed by atoms with Gasteiger partial charge in [0, 0.05) is 16.6 Å². The van der Waals surface area contributed by atoms with Crippen LogP contribution in [-0.2, 0) is 0 Å². The lowest BCUT2D eigenvalue weighted by Gasteiger charge is -2.15. The summed E-state index contributed by atoms with van der Waals surface area (Å²) in [5.74, 6) is 1.85. The fraction of sp³-hybridized carbons (Fsp3) is 0.455. The number of halogens is 1. The van der Waals surface area contributed by atoms with Crippen molar-refractivity contribution in [1.29, 1.82) is 0 Å². The number of rotatable bonds is 5. The SMILES string of the molecule is COc1ccc(Cl)cc1C(N)CCSC. The van der Waals surface area contributed by atoms with Gasteiger partial charge in [-0.3, -0.25) is 0 Å². The van der Waals surface area contributed by atoms with E-state index in [9.17, 15) is 0 Å². The fourth-order valence-corrected chi connectivity index (χ4v) is 2.07. The van der Waals surface area contributed by atoms with E-state index >= 15 is 0 Å². The highest BCUT2D eigenvalue weighted by atomic mass is 35.5. The van der Waals surface area contributed by atoms with Gasteiger partial charge in [-0.1, -0.05) is 11.6 Å². The average Bonchev–Trinajstić information content (AvgIpc) is 2.25. The van der Waals surface area contributed by atoms with Crippen LogP contribution >= 0.6 is 23.4 Å². The number of nitrogens with two attached hydrogens (primary N) is 1. The van der Waals surface area contributed by atoms with E-state index < -0.39 is 0 Å². The highest BCUT2D eigenvalue weighted by Crippen LogP contribution is 2.29. The van der Waals surface area contributed by atoms with Crippen molar-refractivity contribution in [3.63, 3.8) is 0 Å². The Balaban J connectivity index is 2.85. The van der Waals surface area contributed by atoms with Crippen LogP contribution in [0.1, 0.15) is 18.0 Å². The summed E-state index contributed by atoms with van der Waals surface area (Å²) >= 11 is 7.72. The molecule has 0 aliphatic heterocycles. The second kappa shape index (κ2) is 6.26. The summed E-state index contributed by atoms with van der Waals surface area (Å²) in [6.45, 7) is 0. The zero-order valence-electron chi connectivity index (χ0n) is 9.00. The lowest BCUT2D eigenvalue weighted by atomic mass is 10.0. The van der Waals surface area contributed by atoms with Crippen LogP contribution in [-0.4, -0.2) is 19.1 Å². The number of hydrogen-bond donors (Lipinski definition) is 1. The molecule has 2 nitrogen and oxygen atoms in total. The van der Waals surface area contributed by atoms with Crippen LogP contribution in [0.15, 0.2) is 18.2 Å². The Morgan fingerprint density at radius 2 is 2.27 bits per heavy atom. The molecule has 0 aromatic heterocycles. The van der Waals surface area contributed by atoms with Gasteiger partial charge in [-0.25, -0.2) is 0 Å². The average molecular weight is 246 g/mol. The normalized spacial score (nSPS) is 12.5. The molecule has 84 valence electrons. The van der Waals surface area contributed by atoms with Crippen molar-refractivity contribution < 1.29 is 4.74 Å². The number of thioether (sulfide) groups is 1. The molecule has 4 heteroatoms. The number of methoxy groups -OCH3 is 1. The molecule has 1 rings (SSSR count). The summed E-state index contributed by atoms with van der Waals surface area (Å²) in [4.78, 5) is 0. The molecule has 1 atom stereocenters. The maximum absolute atomic E-state index is 6.07. The molecule has 0 saturated carbocycles. The first-order valence-electron chi connectivity index (χ1n) is 4.77. The van der Waals surface area contributed by atoms with Gasteiger partial charge in [0.05, 0.1) is 7.11 Å². The van der Waals surface area contributed by atoms with E-state index in [4.69, 9.17) is 22.1 Å². The number of ether oxygens (including phenoxy) is 1. The van der Waals surface area contributed by atoms with Crippen molar-refractivity contribution in [2.24, 2.45) is 5.73 Å². The van der Waals surface area contributed by atoms with Crippen LogP contribution in [0.25, 0.3) is 0 Å². The van der Waals surface area contributed by atoms with E-state index in [1.807, 2.05) is 18.2 Å². The smallest absolute Gasteiger partial charge is 0.123 e. The van der Waals surface area contributed by atoms with Crippen LogP contribution in [0.3, 0.4) is 0 Å². The summed E-state index contributed by atoms with van der Waals surface area (Å²) < 4.78 is 5.26. The summed E-state index contributed by atoms with van der Waals surface area (Å²) in [7, 11) is 1.65. The van der Waals surface area contributed by atoms with Crippen molar-refractivity contribution in [3.05, 3.63) is 28.8 Å². The molecular weight excluding hydrogens is 230 g/mol. The molecule has 0 bridgehead atoms. The van der Waals surface area contributed by atoms with Crippen molar-refractivity contribution in [1.82, 2.24) is 0 Å². The Bertz CT molecular complexity index is 319. The van der Waals surface area contributed by atoms with Gasteiger partial charge in [-0.2, -0.15) is 11.8 Å². The Kier molecular flexibility index (Phi) is 5.29. The fourth-order valence-electron chi connectivity index (χ4n) is 1.40. The molecule has 15 heavy (non-hydrogen) atoms. The Labute approximate surface area is 100 Å². The van der Waals surface area contributed by atoms with Gasteiger partial charge < -0.3 is 10.5 Å². The molecular formula is C11H16ClNOS. The molecule has 1 aromatic carbocycles. The van der Waals surface area contributed by atoms with Gasteiger partial charge in [-0.05, 0) is 36.6 Å². The molecule has 0 aliphatic rings. The monoisotopic (exact) mass is 245 g/mol. The Morgan fingerprint density at radius 1 is 1.53 bits per heavy atom. The van der Waals surface area contributed by atoms with Gasteiger partial charge in [-0.15, -0.1) is 0 Å². The molecule has 1 aromatic rings. The minimum Gasteiger partial charge on any atom is -0.496 e. The molecule has 0 heterocycles. The van der Waals surface area contributed by atoms with Crippen LogP contribution < -0.4 is 10.5 Å². The third-order valence-corrected chi connectivity index (χ3v) is 3.10. The van der Waals surface area contributed by atoms with Crippen molar-refractivity contribution in [3.8, 4) is 5.75 Å². The molecule has 0 fully saturated rings.